The molecule has 7 heteroatoms. The number of hydrogen-bond acceptors (Lipinski definition) is 3. The summed E-state index contributed by atoms with van der Waals surface area (Å²) in [4.78, 5) is 9.70. The van der Waals surface area contributed by atoms with E-state index >= 15 is 0 Å². The lowest BCUT2D eigenvalue weighted by atomic mass is 9.96. The number of aromatic nitrogens is 2. The minimum atomic E-state index is -2.67. The Morgan fingerprint density at radius 2 is 1.95 bits per heavy atom. The average molecular weight is 289 g/mol. The highest BCUT2D eigenvalue weighted by Gasteiger charge is 2.57. The lowest BCUT2D eigenvalue weighted by Gasteiger charge is -2.40. The van der Waals surface area contributed by atoms with Crippen LogP contribution < -0.4 is 4.90 Å². The van der Waals surface area contributed by atoms with Crippen LogP contribution in [-0.4, -0.2) is 28.0 Å². The third kappa shape index (κ3) is 2.23. The van der Waals surface area contributed by atoms with E-state index in [0.29, 0.717) is 18.7 Å². The molecule has 1 aliphatic heterocycles. The number of alkyl halides is 4. The normalized spacial score (nSPS) is 23.4. The summed E-state index contributed by atoms with van der Waals surface area (Å²) in [6, 6.07) is 0. The Hall–Kier alpha value is -1.40. The van der Waals surface area contributed by atoms with Gasteiger partial charge >= 0.3 is 0 Å². The fourth-order valence-corrected chi connectivity index (χ4v) is 2.95. The molecule has 110 valence electrons. The maximum atomic E-state index is 13.5. The predicted molar refractivity (Wildman–Crippen MR) is 65.2 cm³/mol. The fourth-order valence-electron chi connectivity index (χ4n) is 2.95. The first-order chi connectivity index (χ1) is 9.33. The van der Waals surface area contributed by atoms with Crippen molar-refractivity contribution in [2.75, 3.05) is 11.4 Å². The van der Waals surface area contributed by atoms with Gasteiger partial charge in [-0.1, -0.05) is 0 Å². The van der Waals surface area contributed by atoms with Crippen molar-refractivity contribution >= 4 is 5.82 Å². The molecule has 3 nitrogen and oxygen atoms in total. The van der Waals surface area contributed by atoms with Crippen molar-refractivity contribution in [2.45, 2.75) is 50.5 Å². The molecule has 0 radical (unpaired) electrons. The second-order valence-corrected chi connectivity index (χ2v) is 5.66. The van der Waals surface area contributed by atoms with Crippen molar-refractivity contribution in [3.8, 4) is 0 Å². The zero-order valence-corrected chi connectivity index (χ0v) is 11.0. The first-order valence-corrected chi connectivity index (χ1v) is 6.60. The van der Waals surface area contributed by atoms with Crippen LogP contribution in [0.5, 0.6) is 0 Å². The van der Waals surface area contributed by atoms with Gasteiger partial charge in [0.15, 0.2) is 0 Å². The Morgan fingerprint density at radius 1 is 1.25 bits per heavy atom. The van der Waals surface area contributed by atoms with Gasteiger partial charge in [-0.3, -0.25) is 0 Å². The Balaban J connectivity index is 1.88. The van der Waals surface area contributed by atoms with Crippen LogP contribution in [0.2, 0.25) is 0 Å². The Bertz CT molecular complexity index is 528. The van der Waals surface area contributed by atoms with E-state index < -0.39 is 17.9 Å². The van der Waals surface area contributed by atoms with E-state index in [2.05, 4.69) is 9.97 Å². The summed E-state index contributed by atoms with van der Waals surface area (Å²) in [5.41, 5.74) is -0.735. The molecule has 1 aromatic rings. The van der Waals surface area contributed by atoms with Gasteiger partial charge in [0.2, 0.25) is 0 Å². The summed E-state index contributed by atoms with van der Waals surface area (Å²) in [5.74, 6) is -2.21. The van der Waals surface area contributed by atoms with Crippen LogP contribution in [0, 0.1) is 6.92 Å². The van der Waals surface area contributed by atoms with E-state index in [1.165, 1.54) is 13.1 Å². The van der Waals surface area contributed by atoms with Crippen LogP contribution in [-0.2, 0) is 0 Å². The Morgan fingerprint density at radius 3 is 2.50 bits per heavy atom. The molecule has 0 amide bonds. The van der Waals surface area contributed by atoms with E-state index in [4.69, 9.17) is 0 Å². The van der Waals surface area contributed by atoms with Crippen molar-refractivity contribution < 1.29 is 17.6 Å². The molecule has 1 aliphatic carbocycles. The smallest absolute Gasteiger partial charge is 0.282 e. The Labute approximate surface area is 114 Å². The molecular weight excluding hydrogens is 274 g/mol. The SMILES string of the molecule is Cc1nc(N2CCC(F)(F)CC23CC3)cnc1C(F)F. The Kier molecular flexibility index (Phi) is 2.92. The molecule has 0 N–H and O–H groups in total. The van der Waals surface area contributed by atoms with Gasteiger partial charge in [-0.25, -0.2) is 27.5 Å². The average Bonchev–Trinajstić information content (AvgIpc) is 3.07. The molecule has 0 unspecified atom stereocenters. The summed E-state index contributed by atoms with van der Waals surface area (Å²) >= 11 is 0. The lowest BCUT2D eigenvalue weighted by molar-refractivity contribution is -0.0375. The van der Waals surface area contributed by atoms with Gasteiger partial charge in [0.05, 0.1) is 11.9 Å². The molecular formula is C13H15F4N3. The van der Waals surface area contributed by atoms with Gasteiger partial charge in [0, 0.05) is 24.9 Å². The zero-order valence-electron chi connectivity index (χ0n) is 11.0. The van der Waals surface area contributed by atoms with Gasteiger partial charge in [-0.2, -0.15) is 0 Å². The van der Waals surface area contributed by atoms with Crippen LogP contribution in [0.15, 0.2) is 6.20 Å². The molecule has 2 fully saturated rings. The summed E-state index contributed by atoms with van der Waals surface area (Å²) in [6.07, 6.45) is -0.418. The van der Waals surface area contributed by atoms with E-state index in [9.17, 15) is 17.6 Å². The first kappa shape index (κ1) is 13.6. The molecule has 1 saturated heterocycles. The van der Waals surface area contributed by atoms with Crippen LogP contribution in [0.3, 0.4) is 0 Å². The van der Waals surface area contributed by atoms with Crippen molar-refractivity contribution in [2.24, 2.45) is 0 Å². The van der Waals surface area contributed by atoms with E-state index in [-0.39, 0.29) is 30.8 Å². The number of aryl methyl sites for hydroxylation is 1. The molecule has 0 aromatic carbocycles. The van der Waals surface area contributed by atoms with Gasteiger partial charge in [-0.05, 0) is 19.8 Å². The highest BCUT2D eigenvalue weighted by atomic mass is 19.3. The zero-order chi connectivity index (χ0) is 14.5. The molecule has 0 bridgehead atoms. The van der Waals surface area contributed by atoms with Gasteiger partial charge < -0.3 is 4.90 Å². The maximum Gasteiger partial charge on any atom is 0.282 e. The minimum Gasteiger partial charge on any atom is -0.349 e. The number of rotatable bonds is 2. The first-order valence-electron chi connectivity index (χ1n) is 6.60. The van der Waals surface area contributed by atoms with Crippen molar-refractivity contribution in [3.63, 3.8) is 0 Å². The molecule has 1 saturated carbocycles. The molecule has 2 heterocycles. The number of halogens is 4. The maximum absolute atomic E-state index is 13.5. The number of anilines is 1. The topological polar surface area (TPSA) is 29.0 Å². The van der Waals surface area contributed by atoms with E-state index in [1.807, 2.05) is 4.90 Å². The molecule has 2 aliphatic rings. The summed E-state index contributed by atoms with van der Waals surface area (Å²) in [7, 11) is 0. The predicted octanol–water partition coefficient (Wildman–Crippen LogP) is 3.49. The fraction of sp³-hybridized carbons (Fsp3) is 0.692. The van der Waals surface area contributed by atoms with Gasteiger partial charge in [0.1, 0.15) is 11.5 Å². The minimum absolute atomic E-state index is 0.158. The van der Waals surface area contributed by atoms with E-state index in [0.717, 1.165) is 0 Å². The monoisotopic (exact) mass is 289 g/mol. The van der Waals surface area contributed by atoms with Crippen molar-refractivity contribution in [3.05, 3.63) is 17.6 Å². The quantitative estimate of drug-likeness (QED) is 0.780. The van der Waals surface area contributed by atoms with Gasteiger partial charge in [0.25, 0.3) is 12.3 Å². The molecule has 20 heavy (non-hydrogen) atoms. The molecule has 1 aromatic heterocycles. The second-order valence-electron chi connectivity index (χ2n) is 5.66. The third-order valence-electron chi connectivity index (χ3n) is 4.14. The third-order valence-corrected chi connectivity index (χ3v) is 4.14. The van der Waals surface area contributed by atoms with Crippen LogP contribution in [0.1, 0.15) is 43.5 Å². The van der Waals surface area contributed by atoms with Crippen LogP contribution in [0.4, 0.5) is 23.4 Å². The second kappa shape index (κ2) is 4.30. The molecule has 3 rings (SSSR count). The highest BCUT2D eigenvalue weighted by Crippen LogP contribution is 2.53. The van der Waals surface area contributed by atoms with Crippen LogP contribution >= 0.6 is 0 Å². The standard InChI is InChI=1S/C13H15F4N3/c1-8-10(11(14)15)18-6-9(19-8)20-5-4-13(16,17)7-12(20)2-3-12/h6,11H,2-5,7H2,1H3. The number of nitrogens with zero attached hydrogens (tertiary/aromatic N) is 3. The number of piperidine rings is 1. The van der Waals surface area contributed by atoms with Crippen molar-refractivity contribution in [1.82, 2.24) is 9.97 Å². The molecule has 0 atom stereocenters. The summed E-state index contributed by atoms with van der Waals surface area (Å²) < 4.78 is 52.3. The largest absolute Gasteiger partial charge is 0.349 e. The highest BCUT2D eigenvalue weighted by molar-refractivity contribution is 5.46. The van der Waals surface area contributed by atoms with Gasteiger partial charge in [-0.15, -0.1) is 0 Å². The van der Waals surface area contributed by atoms with Crippen molar-refractivity contribution in [1.29, 1.82) is 0 Å². The summed E-state index contributed by atoms with van der Waals surface area (Å²) in [5, 5.41) is 0. The summed E-state index contributed by atoms with van der Waals surface area (Å²) in [6.45, 7) is 1.66. The lowest BCUT2D eigenvalue weighted by Crippen LogP contribution is -2.49. The molecule has 1 spiro atoms. The van der Waals surface area contributed by atoms with E-state index in [1.54, 1.807) is 0 Å². The van der Waals surface area contributed by atoms with Crippen LogP contribution in [0.25, 0.3) is 0 Å². The number of hydrogen-bond donors (Lipinski definition) is 0.